The van der Waals surface area contributed by atoms with Gasteiger partial charge in [-0.2, -0.15) is 0 Å². The van der Waals surface area contributed by atoms with E-state index in [1.54, 1.807) is 4.90 Å². The number of hydrogen-bond acceptors (Lipinski definition) is 3. The molecular weight excluding hydrogens is 144 g/mol. The Kier molecular flexibility index (Phi) is 2.70. The molecule has 11 heavy (non-hydrogen) atoms. The summed E-state index contributed by atoms with van der Waals surface area (Å²) in [5.74, 6) is 0. The molecule has 1 saturated heterocycles. The van der Waals surface area contributed by atoms with Gasteiger partial charge in [0.25, 0.3) is 0 Å². The number of methoxy groups -OCH3 is 1. The van der Waals surface area contributed by atoms with Gasteiger partial charge in [0.05, 0.1) is 7.11 Å². The topological polar surface area (TPSA) is 41.6 Å². The molecular formula is C7H14N2O2. The van der Waals surface area contributed by atoms with E-state index in [1.807, 2.05) is 6.92 Å². The lowest BCUT2D eigenvalue weighted by atomic mass is 10.2. The highest BCUT2D eigenvalue weighted by Crippen LogP contribution is 2.03. The van der Waals surface area contributed by atoms with Crippen LogP contribution in [-0.2, 0) is 4.74 Å². The Balaban J connectivity index is 2.47. The zero-order valence-electron chi connectivity index (χ0n) is 6.96. The van der Waals surface area contributed by atoms with E-state index in [-0.39, 0.29) is 12.1 Å². The predicted molar refractivity (Wildman–Crippen MR) is 41.4 cm³/mol. The van der Waals surface area contributed by atoms with Crippen molar-refractivity contribution < 1.29 is 9.53 Å². The predicted octanol–water partition coefficient (Wildman–Crippen LogP) is 0.0465. The van der Waals surface area contributed by atoms with E-state index in [2.05, 4.69) is 10.1 Å². The zero-order chi connectivity index (χ0) is 8.27. The van der Waals surface area contributed by atoms with Gasteiger partial charge < -0.3 is 15.0 Å². The number of carbonyl (C=O) groups is 1. The number of piperazine rings is 1. The molecule has 1 N–H and O–H groups in total. The van der Waals surface area contributed by atoms with Crippen molar-refractivity contribution in [2.75, 3.05) is 26.7 Å². The maximum atomic E-state index is 11.1. The van der Waals surface area contributed by atoms with Crippen LogP contribution in [0.2, 0.25) is 0 Å². The fraction of sp³-hybridized carbons (Fsp3) is 0.857. The van der Waals surface area contributed by atoms with Gasteiger partial charge in [-0.1, -0.05) is 0 Å². The lowest BCUT2D eigenvalue weighted by Gasteiger charge is -2.32. The van der Waals surface area contributed by atoms with Crippen molar-refractivity contribution in [3.63, 3.8) is 0 Å². The summed E-state index contributed by atoms with van der Waals surface area (Å²) >= 11 is 0. The SMILES string of the molecule is COC(=O)N1CCNCC1C. The van der Waals surface area contributed by atoms with E-state index in [0.717, 1.165) is 19.6 Å². The Morgan fingerprint density at radius 1 is 1.73 bits per heavy atom. The molecule has 0 aromatic heterocycles. The monoisotopic (exact) mass is 158 g/mol. The average molecular weight is 158 g/mol. The van der Waals surface area contributed by atoms with Gasteiger partial charge in [-0.3, -0.25) is 0 Å². The average Bonchev–Trinajstić information content (AvgIpc) is 2.04. The molecule has 0 aromatic rings. The fourth-order valence-corrected chi connectivity index (χ4v) is 1.23. The highest BCUT2D eigenvalue weighted by Gasteiger charge is 2.22. The molecule has 1 aliphatic rings. The maximum Gasteiger partial charge on any atom is 0.409 e. The summed E-state index contributed by atoms with van der Waals surface area (Å²) < 4.78 is 4.62. The Bertz CT molecular complexity index is 149. The highest BCUT2D eigenvalue weighted by atomic mass is 16.5. The van der Waals surface area contributed by atoms with Crippen LogP contribution in [0.25, 0.3) is 0 Å². The normalized spacial score (nSPS) is 24.9. The summed E-state index contributed by atoms with van der Waals surface area (Å²) in [6, 6.07) is 0.246. The van der Waals surface area contributed by atoms with Gasteiger partial charge in [0.1, 0.15) is 0 Å². The van der Waals surface area contributed by atoms with Gasteiger partial charge in [0.15, 0.2) is 0 Å². The second kappa shape index (κ2) is 3.57. The number of hydrogen-bond donors (Lipinski definition) is 1. The molecule has 0 radical (unpaired) electrons. The lowest BCUT2D eigenvalue weighted by molar-refractivity contribution is 0.0990. The quantitative estimate of drug-likeness (QED) is 0.541. The van der Waals surface area contributed by atoms with Crippen molar-refractivity contribution in [1.29, 1.82) is 0 Å². The fourth-order valence-electron chi connectivity index (χ4n) is 1.23. The molecule has 0 spiro atoms. The van der Waals surface area contributed by atoms with E-state index >= 15 is 0 Å². The van der Waals surface area contributed by atoms with Crippen LogP contribution in [0, 0.1) is 0 Å². The van der Waals surface area contributed by atoms with Gasteiger partial charge in [-0.25, -0.2) is 4.79 Å². The van der Waals surface area contributed by atoms with Gasteiger partial charge in [0.2, 0.25) is 0 Å². The molecule has 1 fully saturated rings. The first kappa shape index (κ1) is 8.33. The molecule has 0 aromatic carbocycles. The molecule has 1 unspecified atom stereocenters. The minimum Gasteiger partial charge on any atom is -0.453 e. The van der Waals surface area contributed by atoms with Gasteiger partial charge in [0, 0.05) is 25.7 Å². The van der Waals surface area contributed by atoms with Crippen LogP contribution in [0.15, 0.2) is 0 Å². The Morgan fingerprint density at radius 3 is 3.00 bits per heavy atom. The first-order valence-electron chi connectivity index (χ1n) is 3.81. The summed E-state index contributed by atoms with van der Waals surface area (Å²) in [7, 11) is 1.41. The molecule has 0 saturated carbocycles. The molecule has 1 amide bonds. The number of nitrogens with one attached hydrogen (secondary N) is 1. The van der Waals surface area contributed by atoms with Crippen molar-refractivity contribution in [2.45, 2.75) is 13.0 Å². The van der Waals surface area contributed by atoms with Crippen molar-refractivity contribution in [3.05, 3.63) is 0 Å². The minimum absolute atomic E-state index is 0.223. The van der Waals surface area contributed by atoms with Gasteiger partial charge >= 0.3 is 6.09 Å². The lowest BCUT2D eigenvalue weighted by Crippen LogP contribution is -2.52. The van der Waals surface area contributed by atoms with Crippen LogP contribution in [-0.4, -0.2) is 43.8 Å². The molecule has 64 valence electrons. The molecule has 1 heterocycles. The standard InChI is InChI=1S/C7H14N2O2/c1-6-5-8-3-4-9(6)7(10)11-2/h6,8H,3-5H2,1-2H3. The largest absolute Gasteiger partial charge is 0.453 e. The van der Waals surface area contributed by atoms with Crippen LogP contribution >= 0.6 is 0 Å². The second-order valence-corrected chi connectivity index (χ2v) is 2.72. The van der Waals surface area contributed by atoms with Crippen molar-refractivity contribution in [1.82, 2.24) is 10.2 Å². The maximum absolute atomic E-state index is 11.1. The summed E-state index contributed by atoms with van der Waals surface area (Å²) in [5.41, 5.74) is 0. The van der Waals surface area contributed by atoms with E-state index in [9.17, 15) is 4.79 Å². The van der Waals surface area contributed by atoms with Crippen molar-refractivity contribution in [3.8, 4) is 0 Å². The summed E-state index contributed by atoms with van der Waals surface area (Å²) in [6.45, 7) is 4.46. The van der Waals surface area contributed by atoms with Crippen LogP contribution in [0.3, 0.4) is 0 Å². The minimum atomic E-state index is -0.223. The number of rotatable bonds is 0. The zero-order valence-corrected chi connectivity index (χ0v) is 6.96. The summed E-state index contributed by atoms with van der Waals surface area (Å²) in [5, 5.41) is 3.19. The molecule has 1 rings (SSSR count). The summed E-state index contributed by atoms with van der Waals surface area (Å²) in [6.07, 6.45) is -0.223. The molecule has 4 nitrogen and oxygen atoms in total. The van der Waals surface area contributed by atoms with E-state index < -0.39 is 0 Å². The molecule has 0 aliphatic carbocycles. The smallest absolute Gasteiger partial charge is 0.409 e. The molecule has 0 bridgehead atoms. The second-order valence-electron chi connectivity index (χ2n) is 2.72. The molecule has 1 aliphatic heterocycles. The van der Waals surface area contributed by atoms with E-state index in [0.29, 0.717) is 0 Å². The Hall–Kier alpha value is -0.770. The molecule has 1 atom stereocenters. The van der Waals surface area contributed by atoms with Gasteiger partial charge in [-0.05, 0) is 6.92 Å². The first-order chi connectivity index (χ1) is 5.25. The third-order valence-corrected chi connectivity index (χ3v) is 1.91. The Morgan fingerprint density at radius 2 is 2.45 bits per heavy atom. The van der Waals surface area contributed by atoms with Gasteiger partial charge in [-0.15, -0.1) is 0 Å². The van der Waals surface area contributed by atoms with Crippen molar-refractivity contribution in [2.24, 2.45) is 0 Å². The van der Waals surface area contributed by atoms with E-state index in [1.165, 1.54) is 7.11 Å². The third kappa shape index (κ3) is 1.83. The Labute approximate surface area is 66.5 Å². The highest BCUT2D eigenvalue weighted by molar-refractivity contribution is 5.67. The van der Waals surface area contributed by atoms with E-state index in [4.69, 9.17) is 0 Å². The summed E-state index contributed by atoms with van der Waals surface area (Å²) in [4.78, 5) is 12.8. The number of nitrogens with zero attached hydrogens (tertiary/aromatic N) is 1. The van der Waals surface area contributed by atoms with Crippen LogP contribution in [0.4, 0.5) is 4.79 Å². The number of carbonyl (C=O) groups excluding carboxylic acids is 1. The van der Waals surface area contributed by atoms with Crippen LogP contribution in [0.5, 0.6) is 0 Å². The molecule has 4 heteroatoms. The van der Waals surface area contributed by atoms with Crippen LogP contribution in [0.1, 0.15) is 6.92 Å². The first-order valence-corrected chi connectivity index (χ1v) is 3.81. The van der Waals surface area contributed by atoms with Crippen LogP contribution < -0.4 is 5.32 Å². The van der Waals surface area contributed by atoms with Crippen molar-refractivity contribution >= 4 is 6.09 Å². The number of amides is 1. The third-order valence-electron chi connectivity index (χ3n) is 1.91. The number of ether oxygens (including phenoxy) is 1.